The fourth-order valence-electron chi connectivity index (χ4n) is 5.81. The highest BCUT2D eigenvalue weighted by molar-refractivity contribution is 5.95. The molecule has 0 bridgehead atoms. The molecule has 7 heteroatoms. The number of piperidine rings is 2. The first-order chi connectivity index (χ1) is 17.4. The number of ether oxygens (including phenoxy) is 1. The van der Waals surface area contributed by atoms with Crippen LogP contribution in [0.2, 0.25) is 0 Å². The molecule has 2 aromatic rings. The predicted molar refractivity (Wildman–Crippen MR) is 137 cm³/mol. The van der Waals surface area contributed by atoms with Crippen LogP contribution in [-0.2, 0) is 0 Å². The number of halogens is 1. The van der Waals surface area contributed by atoms with Crippen LogP contribution >= 0.6 is 0 Å². The Hall–Kier alpha value is -2.51. The molecule has 3 fully saturated rings. The van der Waals surface area contributed by atoms with Gasteiger partial charge in [-0.1, -0.05) is 19.4 Å². The lowest BCUT2D eigenvalue weighted by Crippen LogP contribution is -2.44. The van der Waals surface area contributed by atoms with E-state index in [0.29, 0.717) is 42.3 Å². The van der Waals surface area contributed by atoms with Gasteiger partial charge in [-0.25, -0.2) is 9.37 Å². The van der Waals surface area contributed by atoms with Gasteiger partial charge in [-0.15, -0.1) is 0 Å². The fraction of sp³-hybridized carbons (Fsp3) is 0.586. The van der Waals surface area contributed by atoms with Crippen molar-refractivity contribution in [3.63, 3.8) is 0 Å². The van der Waals surface area contributed by atoms with Crippen molar-refractivity contribution in [3.8, 4) is 17.0 Å². The maximum atomic E-state index is 14.8. The molecule has 36 heavy (non-hydrogen) atoms. The number of aliphatic hydroxyl groups is 1. The van der Waals surface area contributed by atoms with Crippen LogP contribution in [0.1, 0.15) is 62.2 Å². The number of nitrogens with zero attached hydrogens (tertiary/aromatic N) is 3. The fourth-order valence-corrected chi connectivity index (χ4v) is 5.81. The smallest absolute Gasteiger partial charge is 0.256 e. The number of aromatic nitrogens is 1. The Morgan fingerprint density at radius 3 is 2.53 bits per heavy atom. The summed E-state index contributed by atoms with van der Waals surface area (Å²) in [7, 11) is 0. The summed E-state index contributed by atoms with van der Waals surface area (Å²) in [4.78, 5) is 21.3. The summed E-state index contributed by atoms with van der Waals surface area (Å²) in [5.41, 5.74) is 2.01. The zero-order valence-corrected chi connectivity index (χ0v) is 21.3. The standard InChI is InChI=1S/C29H38FN3O3/c1-29(11-3-12-29)20-32-14-9-21(10-15-32)19-36-27-8-6-23(17-31-27)22-5-7-25(26(30)16-22)28(35)33-13-2-4-24(34)18-33/h5-8,16-17,21,24,34H,2-4,9-15,18-20H2,1H3/t24-/m0/s1. The molecule has 0 radical (unpaired) electrons. The van der Waals surface area contributed by atoms with Crippen LogP contribution in [0, 0.1) is 17.2 Å². The summed E-state index contributed by atoms with van der Waals surface area (Å²) in [5, 5.41) is 9.82. The second-order valence-corrected chi connectivity index (χ2v) is 11.3. The van der Waals surface area contributed by atoms with Gasteiger partial charge >= 0.3 is 0 Å². The third-order valence-electron chi connectivity index (χ3n) is 8.29. The molecule has 2 saturated heterocycles. The molecule has 0 spiro atoms. The van der Waals surface area contributed by atoms with Gasteiger partial charge in [0.15, 0.2) is 0 Å². The number of carbonyl (C=O) groups excluding carboxylic acids is 1. The molecule has 1 atom stereocenters. The number of aliphatic hydroxyl groups excluding tert-OH is 1. The SMILES string of the molecule is CC1(CN2CCC(COc3ccc(-c4ccc(C(=O)N5CCC[C@H](O)C5)c(F)c4)cn3)CC2)CCC1. The number of β-amino-alcohol motifs (C(OH)–C–C–N with tert-alkyl or cyclic N) is 1. The maximum Gasteiger partial charge on any atom is 0.256 e. The zero-order valence-electron chi connectivity index (χ0n) is 21.3. The summed E-state index contributed by atoms with van der Waals surface area (Å²) in [6, 6.07) is 8.35. The van der Waals surface area contributed by atoms with Gasteiger partial charge < -0.3 is 19.6 Å². The minimum absolute atomic E-state index is 0.0357. The Kier molecular flexibility index (Phi) is 7.58. The largest absolute Gasteiger partial charge is 0.477 e. The van der Waals surface area contributed by atoms with Crippen molar-refractivity contribution in [1.82, 2.24) is 14.8 Å². The summed E-state index contributed by atoms with van der Waals surface area (Å²) >= 11 is 0. The van der Waals surface area contributed by atoms with Crippen molar-refractivity contribution in [2.45, 2.75) is 58.0 Å². The van der Waals surface area contributed by atoms with E-state index in [1.54, 1.807) is 12.3 Å². The number of pyridine rings is 1. The molecule has 194 valence electrons. The summed E-state index contributed by atoms with van der Waals surface area (Å²) in [6.07, 6.45) is 9.01. The van der Waals surface area contributed by atoms with Crippen LogP contribution in [0.3, 0.4) is 0 Å². The molecule has 2 aliphatic heterocycles. The first kappa shape index (κ1) is 25.2. The van der Waals surface area contributed by atoms with E-state index in [0.717, 1.165) is 37.9 Å². The number of carbonyl (C=O) groups is 1. The highest BCUT2D eigenvalue weighted by Crippen LogP contribution is 2.41. The topological polar surface area (TPSA) is 65.9 Å². The quantitative estimate of drug-likeness (QED) is 0.600. The second kappa shape index (κ2) is 10.9. The van der Waals surface area contributed by atoms with Gasteiger partial charge in [0.2, 0.25) is 5.88 Å². The highest BCUT2D eigenvalue weighted by Gasteiger charge is 2.34. The highest BCUT2D eigenvalue weighted by atomic mass is 19.1. The number of benzene rings is 1. The number of amides is 1. The zero-order chi connectivity index (χ0) is 25.1. The number of rotatable bonds is 7. The first-order valence-corrected chi connectivity index (χ1v) is 13.5. The van der Waals surface area contributed by atoms with Gasteiger partial charge in [0.05, 0.1) is 18.3 Å². The normalized spacial score (nSPS) is 22.8. The van der Waals surface area contributed by atoms with Crippen molar-refractivity contribution >= 4 is 5.91 Å². The number of hydrogen-bond donors (Lipinski definition) is 1. The molecule has 1 saturated carbocycles. The molecular formula is C29H38FN3O3. The van der Waals surface area contributed by atoms with Gasteiger partial charge in [0.25, 0.3) is 5.91 Å². The lowest BCUT2D eigenvalue weighted by molar-refractivity contribution is 0.0470. The third kappa shape index (κ3) is 5.89. The van der Waals surface area contributed by atoms with E-state index >= 15 is 0 Å². The van der Waals surface area contributed by atoms with Gasteiger partial charge in [-0.3, -0.25) is 4.79 Å². The minimum atomic E-state index is -0.560. The van der Waals surface area contributed by atoms with Crippen molar-refractivity contribution < 1.29 is 19.0 Å². The van der Waals surface area contributed by atoms with Crippen LogP contribution in [-0.4, -0.2) is 71.2 Å². The molecule has 6 nitrogen and oxygen atoms in total. The van der Waals surface area contributed by atoms with Crippen molar-refractivity contribution in [3.05, 3.63) is 47.9 Å². The Morgan fingerprint density at radius 1 is 1.11 bits per heavy atom. The lowest BCUT2D eigenvalue weighted by Gasteiger charge is -2.44. The molecule has 5 rings (SSSR count). The van der Waals surface area contributed by atoms with E-state index in [1.807, 2.05) is 12.1 Å². The van der Waals surface area contributed by atoms with E-state index in [9.17, 15) is 14.3 Å². The van der Waals surface area contributed by atoms with E-state index < -0.39 is 11.9 Å². The monoisotopic (exact) mass is 495 g/mol. The molecule has 1 amide bonds. The second-order valence-electron chi connectivity index (χ2n) is 11.3. The van der Waals surface area contributed by atoms with Gasteiger partial charge in [0, 0.05) is 37.5 Å². The molecule has 1 N–H and O–H groups in total. The number of hydrogen-bond acceptors (Lipinski definition) is 5. The van der Waals surface area contributed by atoms with Crippen molar-refractivity contribution in [2.75, 3.05) is 39.3 Å². The summed E-state index contributed by atoms with van der Waals surface area (Å²) < 4.78 is 20.8. The Morgan fingerprint density at radius 2 is 1.89 bits per heavy atom. The van der Waals surface area contributed by atoms with Crippen molar-refractivity contribution in [2.24, 2.45) is 11.3 Å². The average Bonchev–Trinajstić information content (AvgIpc) is 2.87. The Balaban J connectivity index is 1.12. The molecule has 1 aromatic carbocycles. The van der Waals surface area contributed by atoms with Gasteiger partial charge in [-0.2, -0.15) is 0 Å². The van der Waals surface area contributed by atoms with Crippen LogP contribution < -0.4 is 4.74 Å². The van der Waals surface area contributed by atoms with Crippen LogP contribution in [0.5, 0.6) is 5.88 Å². The molecule has 3 heterocycles. The Bertz CT molecular complexity index is 1050. The van der Waals surface area contributed by atoms with E-state index in [1.165, 1.54) is 42.8 Å². The summed E-state index contributed by atoms with van der Waals surface area (Å²) in [5.74, 6) is 0.203. The van der Waals surface area contributed by atoms with Crippen LogP contribution in [0.25, 0.3) is 11.1 Å². The number of likely N-dealkylation sites (tertiary alicyclic amines) is 2. The van der Waals surface area contributed by atoms with Crippen molar-refractivity contribution in [1.29, 1.82) is 0 Å². The molecular weight excluding hydrogens is 457 g/mol. The first-order valence-electron chi connectivity index (χ1n) is 13.5. The van der Waals surface area contributed by atoms with Gasteiger partial charge in [0.1, 0.15) is 5.82 Å². The van der Waals surface area contributed by atoms with Gasteiger partial charge in [-0.05, 0) is 86.7 Å². The minimum Gasteiger partial charge on any atom is -0.477 e. The molecule has 3 aliphatic rings. The Labute approximate surface area is 213 Å². The van der Waals surface area contributed by atoms with E-state index in [4.69, 9.17) is 4.74 Å². The molecule has 0 unspecified atom stereocenters. The molecule has 1 aromatic heterocycles. The lowest BCUT2D eigenvalue weighted by atomic mass is 9.70. The van der Waals surface area contributed by atoms with E-state index in [-0.39, 0.29) is 18.0 Å². The predicted octanol–water partition coefficient (Wildman–Crippen LogP) is 4.77. The third-order valence-corrected chi connectivity index (χ3v) is 8.29. The molecule has 1 aliphatic carbocycles. The summed E-state index contributed by atoms with van der Waals surface area (Å²) in [6.45, 7) is 7.43. The van der Waals surface area contributed by atoms with E-state index in [2.05, 4.69) is 16.8 Å². The van der Waals surface area contributed by atoms with Crippen LogP contribution in [0.4, 0.5) is 4.39 Å². The van der Waals surface area contributed by atoms with Crippen LogP contribution in [0.15, 0.2) is 36.5 Å². The maximum absolute atomic E-state index is 14.8. The average molecular weight is 496 g/mol.